The fourth-order valence-electron chi connectivity index (χ4n) is 3.41. The number of aryl methyl sites for hydroxylation is 2. The van der Waals surface area contributed by atoms with Crippen molar-refractivity contribution in [1.82, 2.24) is 19.9 Å². The molecule has 0 radical (unpaired) electrons. The number of ether oxygens (including phenoxy) is 1. The minimum Gasteiger partial charge on any atom is -0.494 e. The summed E-state index contributed by atoms with van der Waals surface area (Å²) in [4.78, 5) is 2.55. The van der Waals surface area contributed by atoms with E-state index in [1.807, 2.05) is 11.6 Å². The molecule has 2 aromatic rings. The molecule has 0 amide bonds. The van der Waals surface area contributed by atoms with Gasteiger partial charge in [0.05, 0.1) is 18.0 Å². The molecule has 1 fully saturated rings. The van der Waals surface area contributed by atoms with Gasteiger partial charge < -0.3 is 4.74 Å². The Morgan fingerprint density at radius 2 is 2.00 bits per heavy atom. The quantitative estimate of drug-likeness (QED) is 0.820. The Bertz CT molecular complexity index is 635. The van der Waals surface area contributed by atoms with E-state index in [2.05, 4.69) is 53.3 Å². The predicted octanol–water partition coefficient (Wildman–Crippen LogP) is 3.34. The highest BCUT2D eigenvalue weighted by Crippen LogP contribution is 2.34. The van der Waals surface area contributed by atoms with E-state index < -0.39 is 0 Å². The highest BCUT2D eigenvalue weighted by molar-refractivity contribution is 5.30. The molecule has 1 aliphatic heterocycles. The van der Waals surface area contributed by atoms with Gasteiger partial charge in [-0.3, -0.25) is 4.90 Å². The lowest BCUT2D eigenvalue weighted by Crippen LogP contribution is -2.24. The fourth-order valence-corrected chi connectivity index (χ4v) is 3.41. The normalized spacial score (nSPS) is 18.5. The third-order valence-corrected chi connectivity index (χ3v) is 4.62. The van der Waals surface area contributed by atoms with Crippen LogP contribution in [0, 0.1) is 6.92 Å². The molecule has 0 N–H and O–H groups in total. The monoisotopic (exact) mass is 314 g/mol. The van der Waals surface area contributed by atoms with Gasteiger partial charge in [-0.2, -0.15) is 0 Å². The number of hydrogen-bond acceptors (Lipinski definition) is 4. The molecule has 23 heavy (non-hydrogen) atoms. The van der Waals surface area contributed by atoms with Crippen LogP contribution in [0.15, 0.2) is 24.3 Å². The van der Waals surface area contributed by atoms with Crippen molar-refractivity contribution in [3.05, 3.63) is 41.2 Å². The number of benzene rings is 1. The second kappa shape index (κ2) is 7.13. The Morgan fingerprint density at radius 3 is 2.70 bits per heavy atom. The van der Waals surface area contributed by atoms with Crippen LogP contribution in [0.5, 0.6) is 5.75 Å². The van der Waals surface area contributed by atoms with Crippen molar-refractivity contribution >= 4 is 0 Å². The Kier molecular flexibility index (Phi) is 4.96. The molecule has 5 heteroatoms. The Labute approximate surface area is 138 Å². The van der Waals surface area contributed by atoms with Crippen molar-refractivity contribution in [2.45, 2.75) is 52.7 Å². The van der Waals surface area contributed by atoms with E-state index in [0.29, 0.717) is 12.6 Å². The average molecular weight is 314 g/mol. The van der Waals surface area contributed by atoms with Gasteiger partial charge in [0, 0.05) is 19.1 Å². The Balaban J connectivity index is 1.76. The zero-order valence-electron chi connectivity index (χ0n) is 14.3. The van der Waals surface area contributed by atoms with E-state index in [-0.39, 0.29) is 0 Å². The minimum absolute atomic E-state index is 0.477. The number of hydrogen-bond donors (Lipinski definition) is 0. The summed E-state index contributed by atoms with van der Waals surface area (Å²) in [5.41, 5.74) is 3.66. The third-order valence-electron chi connectivity index (χ3n) is 4.62. The average Bonchev–Trinajstić information content (AvgIpc) is 3.16. The largest absolute Gasteiger partial charge is 0.494 e. The summed E-state index contributed by atoms with van der Waals surface area (Å²) in [6, 6.07) is 9.05. The van der Waals surface area contributed by atoms with Crippen molar-refractivity contribution in [3.8, 4) is 5.75 Å². The predicted molar refractivity (Wildman–Crippen MR) is 90.4 cm³/mol. The van der Waals surface area contributed by atoms with Crippen molar-refractivity contribution < 1.29 is 4.74 Å². The second-order valence-electron chi connectivity index (χ2n) is 6.07. The summed E-state index contributed by atoms with van der Waals surface area (Å²) in [6.45, 7) is 9.82. The van der Waals surface area contributed by atoms with Crippen LogP contribution in [0.4, 0.5) is 0 Å². The van der Waals surface area contributed by atoms with Crippen LogP contribution in [0.3, 0.4) is 0 Å². The number of nitrogens with zero attached hydrogens (tertiary/aromatic N) is 4. The minimum atomic E-state index is 0.477. The van der Waals surface area contributed by atoms with E-state index in [4.69, 9.17) is 4.74 Å². The molecule has 1 aliphatic rings. The van der Waals surface area contributed by atoms with Crippen LogP contribution in [-0.2, 0) is 13.1 Å². The molecular weight excluding hydrogens is 288 g/mol. The van der Waals surface area contributed by atoms with E-state index >= 15 is 0 Å². The maximum Gasteiger partial charge on any atom is 0.119 e. The summed E-state index contributed by atoms with van der Waals surface area (Å²) in [7, 11) is 0. The van der Waals surface area contributed by atoms with E-state index in [9.17, 15) is 0 Å². The molecule has 2 heterocycles. The first kappa shape index (κ1) is 16.0. The zero-order valence-corrected chi connectivity index (χ0v) is 14.3. The molecular formula is C18H26N4O. The Morgan fingerprint density at radius 1 is 1.22 bits per heavy atom. The summed E-state index contributed by atoms with van der Waals surface area (Å²) in [6.07, 6.45) is 2.45. The van der Waals surface area contributed by atoms with E-state index in [1.165, 1.54) is 24.1 Å². The second-order valence-corrected chi connectivity index (χ2v) is 6.07. The maximum absolute atomic E-state index is 5.55. The first-order valence-corrected chi connectivity index (χ1v) is 8.58. The van der Waals surface area contributed by atoms with Crippen LogP contribution in [0.2, 0.25) is 0 Å². The lowest BCUT2D eigenvalue weighted by atomic mass is 10.0. The number of aromatic nitrogens is 3. The maximum atomic E-state index is 5.55. The number of rotatable bonds is 6. The molecule has 1 saturated heterocycles. The van der Waals surface area contributed by atoms with E-state index in [0.717, 1.165) is 31.1 Å². The van der Waals surface area contributed by atoms with Crippen LogP contribution in [0.1, 0.15) is 49.7 Å². The molecule has 1 atom stereocenters. The molecule has 124 valence electrons. The smallest absolute Gasteiger partial charge is 0.119 e. The summed E-state index contributed by atoms with van der Waals surface area (Å²) < 4.78 is 7.56. The molecule has 5 nitrogen and oxygen atoms in total. The zero-order chi connectivity index (χ0) is 16.2. The van der Waals surface area contributed by atoms with Gasteiger partial charge in [-0.1, -0.05) is 17.3 Å². The lowest BCUT2D eigenvalue weighted by Gasteiger charge is -2.25. The lowest BCUT2D eigenvalue weighted by molar-refractivity contribution is 0.240. The molecule has 3 rings (SSSR count). The standard InChI is InChI=1S/C18H26N4O/c1-4-22-18(14(3)19-20-22)13-21-12-6-7-17(21)15-8-10-16(11-9-15)23-5-2/h8-11,17H,4-7,12-13H2,1-3H3. The van der Waals surface area contributed by atoms with Crippen LogP contribution in [0.25, 0.3) is 0 Å². The van der Waals surface area contributed by atoms with Crippen molar-refractivity contribution in [1.29, 1.82) is 0 Å². The molecule has 0 spiro atoms. The first-order chi connectivity index (χ1) is 11.2. The highest BCUT2D eigenvalue weighted by Gasteiger charge is 2.27. The van der Waals surface area contributed by atoms with Gasteiger partial charge in [0.1, 0.15) is 5.75 Å². The molecule has 1 aromatic heterocycles. The van der Waals surface area contributed by atoms with Crippen LogP contribution < -0.4 is 4.74 Å². The van der Waals surface area contributed by atoms with Gasteiger partial charge in [-0.15, -0.1) is 5.10 Å². The van der Waals surface area contributed by atoms with Crippen molar-refractivity contribution in [2.24, 2.45) is 0 Å². The molecule has 1 unspecified atom stereocenters. The summed E-state index contributed by atoms with van der Waals surface area (Å²) in [5.74, 6) is 0.949. The van der Waals surface area contributed by atoms with Crippen LogP contribution in [-0.4, -0.2) is 33.0 Å². The third kappa shape index (κ3) is 3.39. The van der Waals surface area contributed by atoms with Gasteiger partial charge in [0.15, 0.2) is 0 Å². The van der Waals surface area contributed by atoms with Gasteiger partial charge in [0.25, 0.3) is 0 Å². The van der Waals surface area contributed by atoms with Crippen LogP contribution >= 0.6 is 0 Å². The van der Waals surface area contributed by atoms with Gasteiger partial charge in [-0.25, -0.2) is 4.68 Å². The summed E-state index contributed by atoms with van der Waals surface area (Å²) in [5, 5.41) is 8.46. The SMILES string of the molecule is CCOc1ccc(C2CCCN2Cc2c(C)nnn2CC)cc1. The van der Waals surface area contributed by atoms with Crippen molar-refractivity contribution in [3.63, 3.8) is 0 Å². The first-order valence-electron chi connectivity index (χ1n) is 8.58. The van der Waals surface area contributed by atoms with Gasteiger partial charge in [-0.05, 0) is 57.9 Å². The fraction of sp³-hybridized carbons (Fsp3) is 0.556. The molecule has 1 aromatic carbocycles. The number of likely N-dealkylation sites (tertiary alicyclic amines) is 1. The van der Waals surface area contributed by atoms with Gasteiger partial charge in [0.2, 0.25) is 0 Å². The highest BCUT2D eigenvalue weighted by atomic mass is 16.5. The molecule has 0 aliphatic carbocycles. The summed E-state index contributed by atoms with van der Waals surface area (Å²) >= 11 is 0. The van der Waals surface area contributed by atoms with Crippen molar-refractivity contribution in [2.75, 3.05) is 13.2 Å². The molecule has 0 saturated carbocycles. The van der Waals surface area contributed by atoms with E-state index in [1.54, 1.807) is 0 Å². The van der Waals surface area contributed by atoms with Gasteiger partial charge >= 0.3 is 0 Å². The molecule has 0 bridgehead atoms. The Hall–Kier alpha value is -1.88. The topological polar surface area (TPSA) is 43.2 Å².